The molecule has 0 aliphatic carbocycles. The largest absolute Gasteiger partial charge is 0.347 e. The lowest BCUT2D eigenvalue weighted by atomic mass is 10.1. The van der Waals surface area contributed by atoms with E-state index in [2.05, 4.69) is 36.5 Å². The Morgan fingerprint density at radius 1 is 0.962 bits per heavy atom. The summed E-state index contributed by atoms with van der Waals surface area (Å²) in [4.78, 5) is 20.2. The number of carbonyl (C=O) groups is 1. The Labute approximate surface area is 156 Å². The van der Waals surface area contributed by atoms with Gasteiger partial charge in [-0.15, -0.1) is 0 Å². The number of guanidine groups is 1. The molecule has 0 bridgehead atoms. The minimum absolute atomic E-state index is 0.0150. The van der Waals surface area contributed by atoms with Gasteiger partial charge in [-0.05, 0) is 18.1 Å². The molecule has 0 aromatic heterocycles. The van der Waals surface area contributed by atoms with Crippen LogP contribution in [0.15, 0.2) is 59.6 Å². The minimum atomic E-state index is 0.0150. The van der Waals surface area contributed by atoms with Gasteiger partial charge in [0.05, 0.1) is 13.1 Å². The third-order valence-electron chi connectivity index (χ3n) is 4.05. The van der Waals surface area contributed by atoms with Gasteiger partial charge in [-0.3, -0.25) is 4.79 Å². The normalized spacial score (nSPS) is 11.2. The topological polar surface area (TPSA) is 47.9 Å². The van der Waals surface area contributed by atoms with Gasteiger partial charge in [-0.2, -0.15) is 0 Å². The number of benzene rings is 2. The predicted molar refractivity (Wildman–Crippen MR) is 107 cm³/mol. The Bertz CT molecular complexity index is 723. The number of nitrogens with zero attached hydrogens (tertiary/aromatic N) is 3. The molecular formula is C21H28N4O. The Hall–Kier alpha value is -2.82. The fourth-order valence-electron chi connectivity index (χ4n) is 2.42. The summed E-state index contributed by atoms with van der Waals surface area (Å²) in [5.41, 5.74) is 3.57. The Balaban J connectivity index is 2.09. The van der Waals surface area contributed by atoms with Crippen LogP contribution < -0.4 is 5.32 Å². The fourth-order valence-corrected chi connectivity index (χ4v) is 2.42. The number of hydrogen-bond donors (Lipinski definition) is 1. The van der Waals surface area contributed by atoms with Crippen LogP contribution in [0.25, 0.3) is 0 Å². The Morgan fingerprint density at radius 2 is 1.62 bits per heavy atom. The first kappa shape index (κ1) is 19.5. The molecule has 0 saturated carbocycles. The highest BCUT2D eigenvalue weighted by Crippen LogP contribution is 2.07. The summed E-state index contributed by atoms with van der Waals surface area (Å²) in [5.74, 6) is 0.728. The molecule has 1 amide bonds. The highest BCUT2D eigenvalue weighted by atomic mass is 16.2. The Kier molecular flexibility index (Phi) is 7.21. The molecule has 0 unspecified atom stereocenters. The molecule has 0 atom stereocenters. The van der Waals surface area contributed by atoms with Crippen molar-refractivity contribution >= 4 is 11.9 Å². The van der Waals surface area contributed by atoms with E-state index >= 15 is 0 Å². The van der Waals surface area contributed by atoms with Crippen molar-refractivity contribution in [3.63, 3.8) is 0 Å². The maximum atomic E-state index is 11.9. The van der Waals surface area contributed by atoms with Gasteiger partial charge in [0.1, 0.15) is 0 Å². The molecule has 0 radical (unpaired) electrons. The maximum absolute atomic E-state index is 11.9. The molecular weight excluding hydrogens is 324 g/mol. The van der Waals surface area contributed by atoms with Crippen LogP contribution in [0.1, 0.15) is 16.7 Å². The molecule has 5 heteroatoms. The molecule has 5 nitrogen and oxygen atoms in total. The molecule has 0 aliphatic heterocycles. The van der Waals surface area contributed by atoms with Crippen molar-refractivity contribution in [2.75, 3.05) is 27.7 Å². The van der Waals surface area contributed by atoms with Gasteiger partial charge in [-0.25, -0.2) is 4.99 Å². The zero-order chi connectivity index (χ0) is 18.9. The number of likely N-dealkylation sites (N-methyl/N-ethyl adjacent to an activating group) is 1. The van der Waals surface area contributed by atoms with E-state index in [0.717, 1.165) is 12.1 Å². The van der Waals surface area contributed by atoms with Gasteiger partial charge in [0.2, 0.25) is 5.91 Å². The number of aryl methyl sites for hydroxylation is 1. The second-order valence-corrected chi connectivity index (χ2v) is 6.61. The number of aliphatic imine (C=N–C) groups is 1. The van der Waals surface area contributed by atoms with Gasteiger partial charge in [-0.1, -0.05) is 60.2 Å². The van der Waals surface area contributed by atoms with E-state index in [-0.39, 0.29) is 12.5 Å². The van der Waals surface area contributed by atoms with Crippen LogP contribution in [0.4, 0.5) is 0 Å². The van der Waals surface area contributed by atoms with Crippen molar-refractivity contribution in [2.24, 2.45) is 4.99 Å². The van der Waals surface area contributed by atoms with Crippen LogP contribution in [-0.4, -0.2) is 49.4 Å². The van der Waals surface area contributed by atoms with Crippen molar-refractivity contribution < 1.29 is 4.79 Å². The summed E-state index contributed by atoms with van der Waals surface area (Å²) < 4.78 is 0. The minimum Gasteiger partial charge on any atom is -0.347 e. The summed E-state index contributed by atoms with van der Waals surface area (Å²) in [6.45, 7) is 3.59. The van der Waals surface area contributed by atoms with Crippen LogP contribution in [0, 0.1) is 6.92 Å². The molecule has 0 fully saturated rings. The lowest BCUT2D eigenvalue weighted by Gasteiger charge is -2.23. The Morgan fingerprint density at radius 3 is 2.23 bits per heavy atom. The van der Waals surface area contributed by atoms with Crippen molar-refractivity contribution in [3.05, 3.63) is 71.3 Å². The maximum Gasteiger partial charge on any atom is 0.241 e. The number of rotatable bonds is 6. The van der Waals surface area contributed by atoms with Crippen LogP contribution >= 0.6 is 0 Å². The fraction of sp³-hybridized carbons (Fsp3) is 0.333. The number of carbonyl (C=O) groups excluding carboxylic acids is 1. The predicted octanol–water partition coefficient (Wildman–Crippen LogP) is 2.66. The number of hydrogen-bond acceptors (Lipinski definition) is 2. The molecule has 0 saturated heterocycles. The summed E-state index contributed by atoms with van der Waals surface area (Å²) in [5, 5.41) is 3.19. The van der Waals surface area contributed by atoms with Crippen molar-refractivity contribution in [3.8, 4) is 0 Å². The second-order valence-electron chi connectivity index (χ2n) is 6.61. The molecule has 2 aromatic carbocycles. The molecule has 2 aromatic rings. The second kappa shape index (κ2) is 9.61. The SMILES string of the molecule is Cc1ccc(CN(C)C(=NCc2ccccc2)NCC(=O)N(C)C)cc1. The van der Waals surface area contributed by atoms with E-state index < -0.39 is 0 Å². The third-order valence-corrected chi connectivity index (χ3v) is 4.05. The molecule has 2 rings (SSSR count). The molecule has 26 heavy (non-hydrogen) atoms. The first-order valence-corrected chi connectivity index (χ1v) is 8.75. The van der Waals surface area contributed by atoms with E-state index in [0.29, 0.717) is 12.5 Å². The average Bonchev–Trinajstić information content (AvgIpc) is 2.64. The lowest BCUT2D eigenvalue weighted by molar-refractivity contribution is -0.127. The van der Waals surface area contributed by atoms with Crippen molar-refractivity contribution in [1.82, 2.24) is 15.1 Å². The first-order chi connectivity index (χ1) is 12.5. The zero-order valence-electron chi connectivity index (χ0n) is 16.1. The molecule has 0 heterocycles. The standard InChI is InChI=1S/C21H28N4O/c1-17-10-12-19(13-11-17)16-25(4)21(23-15-20(26)24(2)3)22-14-18-8-6-5-7-9-18/h5-13H,14-16H2,1-4H3,(H,22,23). The van der Waals surface area contributed by atoms with Gasteiger partial charge in [0, 0.05) is 27.7 Å². The number of nitrogens with one attached hydrogen (secondary N) is 1. The molecule has 138 valence electrons. The molecule has 1 N–H and O–H groups in total. The van der Waals surface area contributed by atoms with E-state index in [1.165, 1.54) is 11.1 Å². The van der Waals surface area contributed by atoms with Crippen LogP contribution in [0.5, 0.6) is 0 Å². The van der Waals surface area contributed by atoms with Crippen molar-refractivity contribution in [2.45, 2.75) is 20.0 Å². The van der Waals surface area contributed by atoms with Gasteiger partial charge < -0.3 is 15.1 Å². The first-order valence-electron chi connectivity index (χ1n) is 8.75. The van der Waals surface area contributed by atoms with E-state index in [1.54, 1.807) is 19.0 Å². The van der Waals surface area contributed by atoms with Gasteiger partial charge in [0.25, 0.3) is 0 Å². The highest BCUT2D eigenvalue weighted by Gasteiger charge is 2.10. The highest BCUT2D eigenvalue weighted by molar-refractivity contribution is 5.86. The monoisotopic (exact) mass is 352 g/mol. The van der Waals surface area contributed by atoms with E-state index in [1.807, 2.05) is 42.3 Å². The van der Waals surface area contributed by atoms with Crippen LogP contribution in [0.3, 0.4) is 0 Å². The number of amides is 1. The third kappa shape index (κ3) is 6.24. The molecule has 0 spiro atoms. The van der Waals surface area contributed by atoms with Gasteiger partial charge >= 0.3 is 0 Å². The summed E-state index contributed by atoms with van der Waals surface area (Å²) in [6, 6.07) is 18.5. The lowest BCUT2D eigenvalue weighted by Crippen LogP contribution is -2.43. The van der Waals surface area contributed by atoms with Crippen LogP contribution in [-0.2, 0) is 17.9 Å². The van der Waals surface area contributed by atoms with E-state index in [4.69, 9.17) is 4.99 Å². The summed E-state index contributed by atoms with van der Waals surface area (Å²) >= 11 is 0. The summed E-state index contributed by atoms with van der Waals surface area (Å²) in [7, 11) is 5.48. The average molecular weight is 352 g/mol. The summed E-state index contributed by atoms with van der Waals surface area (Å²) in [6.07, 6.45) is 0. The molecule has 0 aliphatic rings. The smallest absolute Gasteiger partial charge is 0.241 e. The van der Waals surface area contributed by atoms with Gasteiger partial charge in [0.15, 0.2) is 5.96 Å². The van der Waals surface area contributed by atoms with Crippen molar-refractivity contribution in [1.29, 1.82) is 0 Å². The zero-order valence-corrected chi connectivity index (χ0v) is 16.1. The quantitative estimate of drug-likeness (QED) is 0.642. The van der Waals surface area contributed by atoms with Crippen LogP contribution in [0.2, 0.25) is 0 Å². The van der Waals surface area contributed by atoms with E-state index in [9.17, 15) is 4.79 Å².